The summed E-state index contributed by atoms with van der Waals surface area (Å²) in [5.41, 5.74) is 1.51. The van der Waals surface area contributed by atoms with E-state index < -0.39 is 12.0 Å². The molecule has 1 aliphatic rings. The molecule has 1 fully saturated rings. The smallest absolute Gasteiger partial charge is 0.326 e. The van der Waals surface area contributed by atoms with Crippen molar-refractivity contribution in [1.29, 1.82) is 0 Å². The monoisotopic (exact) mass is 307 g/mol. The number of carbonyl (C=O) groups is 2. The van der Waals surface area contributed by atoms with Crippen molar-refractivity contribution in [2.75, 3.05) is 0 Å². The van der Waals surface area contributed by atoms with Crippen LogP contribution in [0.4, 0.5) is 0 Å². The summed E-state index contributed by atoms with van der Waals surface area (Å²) >= 11 is 0. The van der Waals surface area contributed by atoms with E-state index in [0.29, 0.717) is 17.9 Å². The molecule has 1 aliphatic carbocycles. The van der Waals surface area contributed by atoms with Gasteiger partial charge in [0.15, 0.2) is 0 Å². The van der Waals surface area contributed by atoms with Crippen LogP contribution in [0.3, 0.4) is 0 Å². The van der Waals surface area contributed by atoms with E-state index in [-0.39, 0.29) is 5.91 Å². The molecular formula is C16H25N3O3. The highest BCUT2D eigenvalue weighted by Gasteiger charge is 2.33. The van der Waals surface area contributed by atoms with Gasteiger partial charge in [-0.25, -0.2) is 4.79 Å². The molecule has 1 heterocycles. The summed E-state index contributed by atoms with van der Waals surface area (Å²) in [4.78, 5) is 23.7. The zero-order valence-electron chi connectivity index (χ0n) is 13.3. The molecular weight excluding hydrogens is 282 g/mol. The van der Waals surface area contributed by atoms with Crippen molar-refractivity contribution in [3.63, 3.8) is 0 Å². The van der Waals surface area contributed by atoms with Crippen molar-refractivity contribution in [2.24, 2.45) is 0 Å². The van der Waals surface area contributed by atoms with E-state index >= 15 is 0 Å². The number of nitrogens with one attached hydrogen (secondary N) is 1. The Bertz CT molecular complexity index is 535. The summed E-state index contributed by atoms with van der Waals surface area (Å²) < 4.78 is 1.90. The number of unbranched alkanes of at least 4 members (excludes halogenated alkanes) is 1. The van der Waals surface area contributed by atoms with Crippen molar-refractivity contribution < 1.29 is 14.7 Å². The fourth-order valence-corrected chi connectivity index (χ4v) is 2.65. The van der Waals surface area contributed by atoms with Crippen LogP contribution >= 0.6 is 0 Å². The molecule has 0 bridgehead atoms. The van der Waals surface area contributed by atoms with Crippen LogP contribution < -0.4 is 5.32 Å². The summed E-state index contributed by atoms with van der Waals surface area (Å²) in [6.07, 6.45) is 6.83. The highest BCUT2D eigenvalue weighted by Crippen LogP contribution is 2.41. The van der Waals surface area contributed by atoms with Gasteiger partial charge in [0.2, 0.25) is 0 Å². The van der Waals surface area contributed by atoms with Crippen molar-refractivity contribution in [2.45, 2.75) is 70.9 Å². The number of hydrogen-bond acceptors (Lipinski definition) is 3. The predicted octanol–water partition coefficient (Wildman–Crippen LogP) is 2.54. The maximum atomic E-state index is 12.5. The lowest BCUT2D eigenvalue weighted by molar-refractivity contribution is -0.139. The van der Waals surface area contributed by atoms with Gasteiger partial charge in [-0.2, -0.15) is 5.10 Å². The Hall–Kier alpha value is -1.85. The molecule has 2 rings (SSSR count). The second-order valence-corrected chi connectivity index (χ2v) is 5.95. The minimum absolute atomic E-state index is 0.312. The van der Waals surface area contributed by atoms with Gasteiger partial charge in [-0.1, -0.05) is 26.7 Å². The third-order valence-electron chi connectivity index (χ3n) is 3.97. The van der Waals surface area contributed by atoms with Crippen LogP contribution in [0, 0.1) is 0 Å². The van der Waals surface area contributed by atoms with Crippen LogP contribution in [0.25, 0.3) is 0 Å². The van der Waals surface area contributed by atoms with Gasteiger partial charge < -0.3 is 10.4 Å². The number of hydrogen-bond donors (Lipinski definition) is 2. The Morgan fingerprint density at radius 2 is 2.14 bits per heavy atom. The summed E-state index contributed by atoms with van der Waals surface area (Å²) in [5.74, 6) is -0.891. The van der Waals surface area contributed by atoms with E-state index in [1.54, 1.807) is 6.20 Å². The lowest BCUT2D eigenvalue weighted by atomic mass is 10.1. The largest absolute Gasteiger partial charge is 0.480 e. The Labute approximate surface area is 130 Å². The molecule has 1 aromatic rings. The molecule has 0 saturated heterocycles. The maximum Gasteiger partial charge on any atom is 0.326 e. The van der Waals surface area contributed by atoms with E-state index in [9.17, 15) is 14.7 Å². The molecule has 1 amide bonds. The van der Waals surface area contributed by atoms with Gasteiger partial charge in [-0.15, -0.1) is 0 Å². The first-order valence-corrected chi connectivity index (χ1v) is 8.17. The summed E-state index contributed by atoms with van der Waals surface area (Å²) in [6.45, 7) is 4.86. The molecule has 0 spiro atoms. The zero-order chi connectivity index (χ0) is 16.1. The highest BCUT2D eigenvalue weighted by atomic mass is 16.4. The average Bonchev–Trinajstić information content (AvgIpc) is 3.24. The number of aryl methyl sites for hydroxylation is 1. The standard InChI is InChI=1S/C16H25N3O3/c1-3-5-6-13(16(21)22)18-15(20)12-10-17-19(9-4-2)14(12)11-7-8-11/h10-11,13H,3-9H2,1-2H3,(H,18,20)(H,21,22). The van der Waals surface area contributed by atoms with Crippen molar-refractivity contribution in [3.05, 3.63) is 17.5 Å². The summed E-state index contributed by atoms with van der Waals surface area (Å²) in [5, 5.41) is 16.2. The quantitative estimate of drug-likeness (QED) is 0.734. The number of aliphatic carboxylic acids is 1. The molecule has 122 valence electrons. The minimum Gasteiger partial charge on any atom is -0.480 e. The van der Waals surface area contributed by atoms with Gasteiger partial charge >= 0.3 is 5.97 Å². The van der Waals surface area contributed by atoms with Crippen molar-refractivity contribution in [1.82, 2.24) is 15.1 Å². The first-order chi connectivity index (χ1) is 10.6. The SMILES string of the molecule is CCCCC(NC(=O)c1cnn(CCC)c1C1CC1)C(=O)O. The van der Waals surface area contributed by atoms with E-state index in [2.05, 4.69) is 17.3 Å². The van der Waals surface area contributed by atoms with Crippen molar-refractivity contribution in [3.8, 4) is 0 Å². The summed E-state index contributed by atoms with van der Waals surface area (Å²) in [7, 11) is 0. The van der Waals surface area contributed by atoms with Crippen LogP contribution in [0.1, 0.15) is 74.3 Å². The number of aromatic nitrogens is 2. The maximum absolute atomic E-state index is 12.5. The van der Waals surface area contributed by atoms with Crippen molar-refractivity contribution >= 4 is 11.9 Å². The van der Waals surface area contributed by atoms with Gasteiger partial charge in [0.1, 0.15) is 6.04 Å². The van der Waals surface area contributed by atoms with Gasteiger partial charge in [0.25, 0.3) is 5.91 Å². The fourth-order valence-electron chi connectivity index (χ4n) is 2.65. The van der Waals surface area contributed by atoms with Crippen LogP contribution in [0.2, 0.25) is 0 Å². The van der Waals surface area contributed by atoms with E-state index in [1.165, 1.54) is 0 Å². The van der Waals surface area contributed by atoms with Gasteiger partial charge in [0.05, 0.1) is 17.5 Å². The van der Waals surface area contributed by atoms with E-state index in [0.717, 1.165) is 44.3 Å². The topological polar surface area (TPSA) is 84.2 Å². The molecule has 0 aliphatic heterocycles. The molecule has 6 nitrogen and oxygen atoms in total. The average molecular weight is 307 g/mol. The highest BCUT2D eigenvalue weighted by molar-refractivity contribution is 5.97. The second kappa shape index (κ2) is 7.42. The molecule has 2 N–H and O–H groups in total. The number of carboxylic acids is 1. The molecule has 1 atom stereocenters. The van der Waals surface area contributed by atoms with Crippen LogP contribution in [0.5, 0.6) is 0 Å². The Morgan fingerprint density at radius 1 is 1.41 bits per heavy atom. The first-order valence-electron chi connectivity index (χ1n) is 8.17. The van der Waals surface area contributed by atoms with E-state index in [1.807, 2.05) is 11.6 Å². The normalized spacial score (nSPS) is 15.5. The Balaban J connectivity index is 2.13. The number of rotatable bonds is 9. The summed E-state index contributed by atoms with van der Waals surface area (Å²) in [6, 6.07) is -0.825. The fraction of sp³-hybridized carbons (Fsp3) is 0.688. The molecule has 0 aromatic carbocycles. The number of carbonyl (C=O) groups excluding carboxylic acids is 1. The third-order valence-corrected chi connectivity index (χ3v) is 3.97. The van der Waals surface area contributed by atoms with Gasteiger partial charge in [-0.05, 0) is 25.7 Å². The number of nitrogens with zero attached hydrogens (tertiary/aromatic N) is 2. The lowest BCUT2D eigenvalue weighted by Crippen LogP contribution is -2.41. The van der Waals surface area contributed by atoms with Gasteiger partial charge in [-0.3, -0.25) is 9.48 Å². The van der Waals surface area contributed by atoms with Gasteiger partial charge in [0, 0.05) is 12.5 Å². The minimum atomic E-state index is -0.976. The molecule has 6 heteroatoms. The third kappa shape index (κ3) is 3.87. The molecule has 1 saturated carbocycles. The first kappa shape index (κ1) is 16.5. The van der Waals surface area contributed by atoms with Crippen LogP contribution in [-0.4, -0.2) is 32.8 Å². The molecule has 1 unspecified atom stereocenters. The Kier molecular flexibility index (Phi) is 5.57. The molecule has 22 heavy (non-hydrogen) atoms. The lowest BCUT2D eigenvalue weighted by Gasteiger charge is -2.14. The predicted molar refractivity (Wildman–Crippen MR) is 82.9 cm³/mol. The number of carboxylic acid groups (broad SMARTS) is 1. The number of amides is 1. The second-order valence-electron chi connectivity index (χ2n) is 5.95. The van der Waals surface area contributed by atoms with Crippen LogP contribution in [-0.2, 0) is 11.3 Å². The van der Waals surface area contributed by atoms with Crippen LogP contribution in [0.15, 0.2) is 6.20 Å². The Morgan fingerprint density at radius 3 is 2.68 bits per heavy atom. The zero-order valence-corrected chi connectivity index (χ0v) is 13.3. The molecule has 0 radical (unpaired) electrons. The van der Waals surface area contributed by atoms with E-state index in [4.69, 9.17) is 0 Å². The molecule has 1 aromatic heterocycles.